The summed E-state index contributed by atoms with van der Waals surface area (Å²) in [5.41, 5.74) is 4.45. The van der Waals surface area contributed by atoms with E-state index < -0.39 is 103 Å². The summed E-state index contributed by atoms with van der Waals surface area (Å²) < 4.78 is 45.9. The SMILES string of the molecule is CC(=O)N(C(=O)OC(C)(C)C)[C@@H](Cc1ccc(OP(=O)([O-])OC[C@H]2O[C@@H](n3cc(C)c(=O)[nH]c3=O)C[C@@H]2N=[N+]=[N-])cc1)C(=O)N(C(=O)OC(C)(C)C)C(=O)OC(C)(C)C.[Na+]. The molecule has 5 amide bonds. The molecule has 0 spiro atoms. The van der Waals surface area contributed by atoms with Crippen LogP contribution in [0.2, 0.25) is 0 Å². The number of phosphoric ester groups is 1. The average molecular weight is 874 g/mol. The van der Waals surface area contributed by atoms with Crippen molar-refractivity contribution in [2.45, 2.75) is 130 Å². The van der Waals surface area contributed by atoms with Gasteiger partial charge in [-0.05, 0) is 92.5 Å². The Morgan fingerprint density at radius 1 is 0.967 bits per heavy atom. The number of aromatic amines is 1. The Morgan fingerprint density at radius 2 is 1.48 bits per heavy atom. The van der Waals surface area contributed by atoms with Crippen LogP contribution in [0.1, 0.15) is 93.0 Å². The molecule has 1 aromatic carbocycles. The Kier molecular flexibility index (Phi) is 17.5. The molecule has 2 heterocycles. The summed E-state index contributed by atoms with van der Waals surface area (Å²) in [6.45, 7) is 15.2. The van der Waals surface area contributed by atoms with Crippen LogP contribution in [-0.2, 0) is 44.0 Å². The van der Waals surface area contributed by atoms with Gasteiger partial charge in [0, 0.05) is 36.4 Å². The molecule has 0 radical (unpaired) electrons. The molecule has 2 aromatic rings. The van der Waals surface area contributed by atoms with Crippen molar-refractivity contribution in [2.24, 2.45) is 5.11 Å². The molecule has 60 heavy (non-hydrogen) atoms. The standard InChI is InChI=1S/C36H50N7O15P.Na/c1-20-18-41(30(47)38-28(20)45)27-17-24(39-40-37)26(54-27)19-53-59(51,52)58-23-14-12-22(13-15-23)16-25(42(21(2)44)31(48)55-34(3,4)5)29(46)43(32(49)56-35(6,7)8)33(50)57-36(9,10)11;/h12-15,18,24-27H,16-17,19H2,1-11H3,(H,51,52)(H,38,45,47);/q;+1/p-1/t24-,25-,26+,27+;/m0./s1. The van der Waals surface area contributed by atoms with E-state index >= 15 is 0 Å². The summed E-state index contributed by atoms with van der Waals surface area (Å²) in [5, 5.41) is 3.62. The Bertz CT molecular complexity index is 2110. The van der Waals surface area contributed by atoms with E-state index in [9.17, 15) is 43.0 Å². The number of hydrogen-bond donors (Lipinski definition) is 1. The fraction of sp³-hybridized carbons (Fsp3) is 0.583. The fourth-order valence-electron chi connectivity index (χ4n) is 5.35. The molecule has 0 bridgehead atoms. The molecule has 5 atom stereocenters. The zero-order valence-corrected chi connectivity index (χ0v) is 38.5. The van der Waals surface area contributed by atoms with Crippen LogP contribution in [0.4, 0.5) is 14.4 Å². The van der Waals surface area contributed by atoms with Gasteiger partial charge in [-0.2, -0.15) is 0 Å². The van der Waals surface area contributed by atoms with Crippen molar-refractivity contribution in [2.75, 3.05) is 6.61 Å². The third kappa shape index (κ3) is 15.2. The molecule has 1 saturated heterocycles. The summed E-state index contributed by atoms with van der Waals surface area (Å²) in [4.78, 5) is 110. The number of imide groups is 4. The van der Waals surface area contributed by atoms with Gasteiger partial charge in [-0.1, -0.05) is 17.2 Å². The van der Waals surface area contributed by atoms with Crippen LogP contribution in [0, 0.1) is 6.92 Å². The molecule has 1 fully saturated rings. The van der Waals surface area contributed by atoms with Crippen molar-refractivity contribution < 1.29 is 91.0 Å². The van der Waals surface area contributed by atoms with Crippen LogP contribution < -0.4 is 50.2 Å². The number of azide groups is 1. The van der Waals surface area contributed by atoms with Crippen molar-refractivity contribution in [3.05, 3.63) is 72.9 Å². The number of H-pyrrole nitrogens is 1. The number of amides is 5. The summed E-state index contributed by atoms with van der Waals surface area (Å²) in [6.07, 6.45) is -5.71. The summed E-state index contributed by atoms with van der Waals surface area (Å²) in [7, 11) is -5.18. The van der Waals surface area contributed by atoms with Crippen LogP contribution in [0.25, 0.3) is 10.4 Å². The number of phosphoric acid groups is 1. The maximum absolute atomic E-state index is 14.3. The second kappa shape index (κ2) is 20.4. The predicted octanol–water partition coefficient (Wildman–Crippen LogP) is 1.77. The van der Waals surface area contributed by atoms with E-state index in [0.717, 1.165) is 23.6 Å². The Morgan fingerprint density at radius 3 is 1.97 bits per heavy atom. The van der Waals surface area contributed by atoms with Crippen LogP contribution in [0.3, 0.4) is 0 Å². The number of carbonyl (C=O) groups is 5. The van der Waals surface area contributed by atoms with Gasteiger partial charge in [-0.15, -0.1) is 4.90 Å². The second-order valence-electron chi connectivity index (χ2n) is 16.3. The van der Waals surface area contributed by atoms with Gasteiger partial charge < -0.3 is 32.9 Å². The number of hydrogen-bond acceptors (Lipinski definition) is 16. The Labute approximate surface area is 367 Å². The van der Waals surface area contributed by atoms with E-state index in [1.54, 1.807) is 0 Å². The van der Waals surface area contributed by atoms with Gasteiger partial charge in [-0.3, -0.25) is 28.5 Å². The number of aromatic nitrogens is 2. The first kappa shape index (κ1) is 51.6. The first-order valence-electron chi connectivity index (χ1n) is 18.1. The number of aryl methyl sites for hydroxylation is 1. The number of carbonyl (C=O) groups excluding carboxylic acids is 5. The number of ether oxygens (including phenoxy) is 4. The maximum Gasteiger partial charge on any atom is 1.00 e. The van der Waals surface area contributed by atoms with Crippen molar-refractivity contribution in [1.82, 2.24) is 19.4 Å². The number of rotatable bonds is 11. The van der Waals surface area contributed by atoms with Crippen LogP contribution in [0.5, 0.6) is 5.75 Å². The molecule has 0 saturated carbocycles. The monoisotopic (exact) mass is 873 g/mol. The third-order valence-electron chi connectivity index (χ3n) is 7.73. The van der Waals surface area contributed by atoms with Gasteiger partial charge in [0.25, 0.3) is 11.5 Å². The predicted molar refractivity (Wildman–Crippen MR) is 204 cm³/mol. The Balaban J connectivity index is 0.0000124. The summed E-state index contributed by atoms with van der Waals surface area (Å²) in [5.74, 6) is -2.67. The van der Waals surface area contributed by atoms with Crippen molar-refractivity contribution in [1.29, 1.82) is 0 Å². The van der Waals surface area contributed by atoms with E-state index in [-0.39, 0.29) is 57.8 Å². The number of nitrogens with one attached hydrogen (secondary N) is 1. The van der Waals surface area contributed by atoms with Crippen molar-refractivity contribution >= 4 is 37.9 Å². The molecule has 24 heteroatoms. The van der Waals surface area contributed by atoms with E-state index in [4.69, 9.17) is 33.5 Å². The van der Waals surface area contributed by atoms with E-state index in [2.05, 4.69) is 15.0 Å². The Hall–Kier alpha value is -4.53. The minimum Gasteiger partial charge on any atom is -0.746 e. The molecule has 1 aromatic heterocycles. The first-order chi connectivity index (χ1) is 27.0. The van der Waals surface area contributed by atoms with E-state index in [1.807, 2.05) is 0 Å². The molecule has 1 N–H and O–H groups in total. The molecule has 22 nitrogen and oxygen atoms in total. The number of benzene rings is 1. The van der Waals surface area contributed by atoms with Gasteiger partial charge in [0.05, 0.1) is 18.8 Å². The van der Waals surface area contributed by atoms with E-state index in [1.165, 1.54) is 87.6 Å². The van der Waals surface area contributed by atoms with Gasteiger partial charge >= 0.3 is 61.3 Å². The summed E-state index contributed by atoms with van der Waals surface area (Å²) >= 11 is 0. The normalized spacial score (nSPS) is 18.0. The van der Waals surface area contributed by atoms with E-state index in [0.29, 0.717) is 4.90 Å². The number of nitrogens with zero attached hydrogens (tertiary/aromatic N) is 6. The molecule has 0 aliphatic carbocycles. The zero-order valence-electron chi connectivity index (χ0n) is 35.6. The first-order valence-corrected chi connectivity index (χ1v) is 19.6. The molecular formula is C36H49N7NaO15P. The van der Waals surface area contributed by atoms with Gasteiger partial charge in [0.2, 0.25) is 5.91 Å². The molecule has 1 aliphatic rings. The molecule has 324 valence electrons. The topological polar surface area (TPSA) is 291 Å². The largest absolute Gasteiger partial charge is 1.00 e. The maximum atomic E-state index is 14.3. The second-order valence-corrected chi connectivity index (χ2v) is 17.7. The molecule has 3 rings (SSSR count). The third-order valence-corrected chi connectivity index (χ3v) is 8.63. The van der Waals surface area contributed by atoms with Crippen molar-refractivity contribution in [3.8, 4) is 5.75 Å². The minimum absolute atomic E-state index is 0. The smallest absolute Gasteiger partial charge is 0.746 e. The van der Waals surface area contributed by atoms with Crippen LogP contribution in [0.15, 0.2) is 45.2 Å². The van der Waals surface area contributed by atoms with Crippen LogP contribution >= 0.6 is 7.82 Å². The van der Waals surface area contributed by atoms with Crippen LogP contribution in [-0.4, -0.2) is 91.0 Å². The van der Waals surface area contributed by atoms with Crippen molar-refractivity contribution in [3.63, 3.8) is 0 Å². The van der Waals surface area contributed by atoms with Gasteiger partial charge in [0.15, 0.2) is 0 Å². The molecule has 1 unspecified atom stereocenters. The van der Waals surface area contributed by atoms with Gasteiger partial charge in [-0.25, -0.2) is 24.1 Å². The zero-order chi connectivity index (χ0) is 44.8. The molecule has 1 aliphatic heterocycles. The summed E-state index contributed by atoms with van der Waals surface area (Å²) in [6, 6.07) is 1.98. The average Bonchev–Trinajstić information content (AvgIpc) is 3.45. The minimum atomic E-state index is -5.18. The van der Waals surface area contributed by atoms with Gasteiger partial charge in [0.1, 0.15) is 34.8 Å². The quantitative estimate of drug-likeness (QED) is 0.0841. The molecular weight excluding hydrogens is 824 g/mol. The fourth-order valence-corrected chi connectivity index (χ4v) is 6.11.